The lowest BCUT2D eigenvalue weighted by Crippen LogP contribution is -2.32. The Morgan fingerprint density at radius 3 is 2.09 bits per heavy atom. The van der Waals surface area contributed by atoms with Crippen LogP contribution in [0.5, 0.6) is 0 Å². The van der Waals surface area contributed by atoms with Crippen molar-refractivity contribution >= 4 is 35.1 Å². The van der Waals surface area contributed by atoms with Gasteiger partial charge < -0.3 is 39.6 Å². The third-order valence-electron chi connectivity index (χ3n) is 7.63. The van der Waals surface area contributed by atoms with E-state index in [-0.39, 0.29) is 18.2 Å². The van der Waals surface area contributed by atoms with Gasteiger partial charge in [-0.1, -0.05) is 61.9 Å². The highest BCUT2D eigenvalue weighted by atomic mass is 16.6. The minimum Gasteiger partial charge on any atom is -0.387 e. The molecule has 2 aromatic rings. The molecule has 0 aliphatic carbocycles. The van der Waals surface area contributed by atoms with Crippen molar-refractivity contribution in [3.05, 3.63) is 65.2 Å². The van der Waals surface area contributed by atoms with Gasteiger partial charge in [-0.25, -0.2) is 0 Å². The van der Waals surface area contributed by atoms with Gasteiger partial charge in [0, 0.05) is 31.5 Å². The van der Waals surface area contributed by atoms with Crippen molar-refractivity contribution in [1.29, 1.82) is 0 Å². The number of aliphatic hydroxyl groups excluding tert-OH is 1. The van der Waals surface area contributed by atoms with Gasteiger partial charge in [-0.05, 0) is 42.0 Å². The number of hydrogen-bond acceptors (Lipinski definition) is 8. The van der Waals surface area contributed by atoms with Crippen LogP contribution in [0, 0.1) is 0 Å². The van der Waals surface area contributed by atoms with Crippen LogP contribution in [0.2, 0.25) is 0 Å². The number of benzene rings is 2. The van der Waals surface area contributed by atoms with Crippen molar-refractivity contribution in [2.24, 2.45) is 0 Å². The van der Waals surface area contributed by atoms with Crippen molar-refractivity contribution in [1.82, 2.24) is 10.6 Å². The molecule has 3 amide bonds. The van der Waals surface area contributed by atoms with Crippen LogP contribution >= 0.6 is 0 Å². The quantitative estimate of drug-likeness (QED) is 0.155. The molecule has 0 bridgehead atoms. The van der Waals surface area contributed by atoms with E-state index in [4.69, 9.17) is 24.1 Å². The zero-order chi connectivity index (χ0) is 33.5. The van der Waals surface area contributed by atoms with Gasteiger partial charge in [-0.3, -0.25) is 14.4 Å². The lowest BCUT2D eigenvalue weighted by molar-refractivity contribution is -0.124. The average molecular weight is 654 g/mol. The van der Waals surface area contributed by atoms with Gasteiger partial charge in [0.05, 0.1) is 65.1 Å². The summed E-state index contributed by atoms with van der Waals surface area (Å²) < 4.78 is 21.6. The Morgan fingerprint density at radius 2 is 1.36 bits per heavy atom. The number of rotatable bonds is 23. The van der Waals surface area contributed by atoms with E-state index >= 15 is 0 Å². The molecule has 0 spiro atoms. The van der Waals surface area contributed by atoms with Crippen LogP contribution in [0.25, 0.3) is 11.6 Å². The molecule has 0 saturated carbocycles. The lowest BCUT2D eigenvalue weighted by atomic mass is 9.93. The fraction of sp³-hybridized carbons (Fsp3) is 0.528. The van der Waals surface area contributed by atoms with Crippen LogP contribution in [0.1, 0.15) is 62.1 Å². The molecule has 0 fully saturated rings. The van der Waals surface area contributed by atoms with Gasteiger partial charge in [0.15, 0.2) is 0 Å². The van der Waals surface area contributed by atoms with E-state index in [1.165, 1.54) is 5.57 Å². The maximum Gasteiger partial charge on any atom is 0.245 e. The molecule has 0 aromatic heterocycles. The Hall–Kier alpha value is -3.61. The summed E-state index contributed by atoms with van der Waals surface area (Å²) in [7, 11) is 0. The van der Waals surface area contributed by atoms with Crippen molar-refractivity contribution in [3.63, 3.8) is 0 Å². The normalized spacial score (nSPS) is 13.5. The molecule has 0 saturated heterocycles. The fourth-order valence-corrected chi connectivity index (χ4v) is 5.11. The zero-order valence-corrected chi connectivity index (χ0v) is 27.7. The molecule has 258 valence electrons. The van der Waals surface area contributed by atoms with Gasteiger partial charge in [0.2, 0.25) is 17.7 Å². The van der Waals surface area contributed by atoms with Crippen molar-refractivity contribution in [3.8, 4) is 0 Å². The van der Waals surface area contributed by atoms with E-state index < -0.39 is 12.5 Å². The number of amides is 3. The molecular formula is C36H51N3O8. The topological polar surface area (TPSA) is 136 Å². The summed E-state index contributed by atoms with van der Waals surface area (Å²) in [4.78, 5) is 38.4. The third kappa shape index (κ3) is 14.4. The summed E-state index contributed by atoms with van der Waals surface area (Å²) in [6.07, 6.45) is 6.31. The number of nitrogens with one attached hydrogen (secondary N) is 2. The number of anilines is 1. The fourth-order valence-electron chi connectivity index (χ4n) is 5.11. The summed E-state index contributed by atoms with van der Waals surface area (Å²) in [5.41, 5.74) is 5.61. The summed E-state index contributed by atoms with van der Waals surface area (Å²) >= 11 is 0. The number of carbonyl (C=O) groups excluding carboxylic acids is 3. The number of carbonyl (C=O) groups is 3. The van der Waals surface area contributed by atoms with E-state index in [1.807, 2.05) is 35.2 Å². The first kappa shape index (κ1) is 37.8. The lowest BCUT2D eigenvalue weighted by Gasteiger charge is -2.29. The van der Waals surface area contributed by atoms with Crippen LogP contribution in [-0.2, 0) is 39.9 Å². The molecule has 0 unspecified atom stereocenters. The molecule has 1 aliphatic rings. The van der Waals surface area contributed by atoms with Crippen LogP contribution in [-0.4, -0.2) is 95.4 Å². The van der Waals surface area contributed by atoms with Gasteiger partial charge in [-0.15, -0.1) is 0 Å². The standard InChI is InChI=1S/C36H51N3O8/c1-2-29-26-30-10-5-6-11-31(30)27-39(33-13-8-7-12-32(29)33)36(43)14-4-3-9-16-37-34(41)15-18-44-20-22-46-24-25-47-23-21-45-19-17-38-35(42)28-40/h5-8,10-13,26,40H,2-4,9,14-25,27-28H2,1H3,(H,37,41)(H,38,42)/b29-26-. The molecule has 2 aromatic carbocycles. The molecule has 3 N–H and O–H groups in total. The first-order valence-corrected chi connectivity index (χ1v) is 16.7. The predicted octanol–water partition coefficient (Wildman–Crippen LogP) is 3.73. The van der Waals surface area contributed by atoms with E-state index in [9.17, 15) is 14.4 Å². The molecule has 1 aliphatic heterocycles. The van der Waals surface area contributed by atoms with E-state index in [1.54, 1.807) is 0 Å². The Morgan fingerprint density at radius 1 is 0.723 bits per heavy atom. The highest BCUT2D eigenvalue weighted by Gasteiger charge is 2.22. The maximum atomic E-state index is 13.5. The van der Waals surface area contributed by atoms with E-state index in [0.717, 1.165) is 48.1 Å². The number of fused-ring (bicyclic) bond motifs is 2. The maximum absolute atomic E-state index is 13.5. The Balaban J connectivity index is 1.19. The second kappa shape index (κ2) is 22.8. The molecule has 3 rings (SSSR count). The second-order valence-corrected chi connectivity index (χ2v) is 11.1. The highest BCUT2D eigenvalue weighted by molar-refractivity contribution is 5.99. The monoisotopic (exact) mass is 653 g/mol. The molecule has 11 heteroatoms. The molecule has 0 atom stereocenters. The first-order chi connectivity index (χ1) is 23.0. The zero-order valence-electron chi connectivity index (χ0n) is 27.7. The summed E-state index contributed by atoms with van der Waals surface area (Å²) in [5, 5.41) is 14.0. The Labute approximate surface area is 278 Å². The number of aliphatic hydroxyl groups is 1. The van der Waals surface area contributed by atoms with Gasteiger partial charge in [0.1, 0.15) is 6.61 Å². The molecule has 11 nitrogen and oxygen atoms in total. The van der Waals surface area contributed by atoms with E-state index in [2.05, 4.69) is 41.8 Å². The van der Waals surface area contributed by atoms with Crippen LogP contribution in [0.15, 0.2) is 48.5 Å². The van der Waals surface area contributed by atoms with Crippen molar-refractivity contribution in [2.75, 3.05) is 77.5 Å². The minimum absolute atomic E-state index is 0.0518. The third-order valence-corrected chi connectivity index (χ3v) is 7.63. The summed E-state index contributed by atoms with van der Waals surface area (Å²) in [6, 6.07) is 16.5. The smallest absolute Gasteiger partial charge is 0.245 e. The van der Waals surface area contributed by atoms with Crippen molar-refractivity contribution in [2.45, 2.75) is 52.0 Å². The van der Waals surface area contributed by atoms with Crippen LogP contribution < -0.4 is 15.5 Å². The predicted molar refractivity (Wildman–Crippen MR) is 182 cm³/mol. The summed E-state index contributed by atoms with van der Waals surface area (Å²) in [6.45, 7) is 6.26. The van der Waals surface area contributed by atoms with Gasteiger partial charge >= 0.3 is 0 Å². The SMILES string of the molecule is CC/C1=C/c2ccccc2CN(C(=O)CCCCCNC(=O)CCOCCOCCOCCOCCNC(=O)CO)c2ccccc21. The largest absolute Gasteiger partial charge is 0.387 e. The first-order valence-electron chi connectivity index (χ1n) is 16.7. The second-order valence-electron chi connectivity index (χ2n) is 11.1. The molecular weight excluding hydrogens is 602 g/mol. The number of ether oxygens (including phenoxy) is 4. The molecule has 47 heavy (non-hydrogen) atoms. The van der Waals surface area contributed by atoms with Crippen molar-refractivity contribution < 1.29 is 38.4 Å². The van der Waals surface area contributed by atoms with Gasteiger partial charge in [-0.2, -0.15) is 0 Å². The number of hydrogen-bond donors (Lipinski definition) is 3. The Bertz CT molecular complexity index is 1270. The van der Waals surface area contributed by atoms with Crippen LogP contribution in [0.3, 0.4) is 0 Å². The van der Waals surface area contributed by atoms with Crippen LogP contribution in [0.4, 0.5) is 5.69 Å². The average Bonchev–Trinajstić information content (AvgIpc) is 3.08. The number of nitrogens with zero attached hydrogens (tertiary/aromatic N) is 1. The number of allylic oxidation sites excluding steroid dienone is 1. The Kier molecular flexibility index (Phi) is 18.4. The molecule has 0 radical (unpaired) electrons. The van der Waals surface area contributed by atoms with Gasteiger partial charge in [0.25, 0.3) is 0 Å². The number of para-hydroxylation sites is 1. The highest BCUT2D eigenvalue weighted by Crippen LogP contribution is 2.35. The van der Waals surface area contributed by atoms with E-state index in [0.29, 0.717) is 78.9 Å². The molecule has 1 heterocycles. The summed E-state index contributed by atoms with van der Waals surface area (Å²) in [5.74, 6) is -0.361. The number of unbranched alkanes of at least 4 members (excludes halogenated alkanes) is 2. The minimum atomic E-state index is -0.526.